The highest BCUT2D eigenvalue weighted by Crippen LogP contribution is 2.36. The standard InChI is InChI=1S/C20H38N2O3/c1-19(2,3)25-18(24)21-13-17(16-9-5-6-10-16)22-14-20(15-23)11-7-4-8-12-20/h16-17,22-23H,4-15H2,1-3H3,(H,21,24). The maximum atomic E-state index is 12.0. The fourth-order valence-electron chi connectivity index (χ4n) is 4.31. The zero-order valence-corrected chi connectivity index (χ0v) is 16.4. The molecule has 5 nitrogen and oxygen atoms in total. The van der Waals surface area contributed by atoms with Gasteiger partial charge in [-0.3, -0.25) is 0 Å². The molecule has 2 aliphatic rings. The number of rotatable bonds is 7. The van der Waals surface area contributed by atoms with E-state index in [-0.39, 0.29) is 24.2 Å². The highest BCUT2D eigenvalue weighted by Gasteiger charge is 2.33. The van der Waals surface area contributed by atoms with E-state index >= 15 is 0 Å². The number of alkyl carbamates (subject to hydrolysis) is 1. The van der Waals surface area contributed by atoms with Gasteiger partial charge in [0, 0.05) is 31.2 Å². The molecule has 2 rings (SSSR count). The van der Waals surface area contributed by atoms with Crippen molar-refractivity contribution in [1.29, 1.82) is 0 Å². The Morgan fingerprint density at radius 1 is 1.16 bits per heavy atom. The van der Waals surface area contributed by atoms with Gasteiger partial charge in [-0.2, -0.15) is 0 Å². The lowest BCUT2D eigenvalue weighted by molar-refractivity contribution is 0.0507. The summed E-state index contributed by atoms with van der Waals surface area (Å²) in [5.74, 6) is 0.606. The lowest BCUT2D eigenvalue weighted by Gasteiger charge is -2.38. The minimum Gasteiger partial charge on any atom is -0.444 e. The first-order valence-electron chi connectivity index (χ1n) is 10.1. The maximum absolute atomic E-state index is 12.0. The summed E-state index contributed by atoms with van der Waals surface area (Å²) in [5.41, 5.74) is -0.440. The molecule has 5 heteroatoms. The van der Waals surface area contributed by atoms with Crippen LogP contribution in [-0.2, 0) is 4.74 Å². The third kappa shape index (κ3) is 6.78. The molecule has 1 unspecified atom stereocenters. The molecule has 0 aliphatic heterocycles. The first-order chi connectivity index (χ1) is 11.8. The van der Waals surface area contributed by atoms with Gasteiger partial charge in [-0.1, -0.05) is 32.1 Å². The van der Waals surface area contributed by atoms with E-state index in [9.17, 15) is 9.90 Å². The van der Waals surface area contributed by atoms with E-state index < -0.39 is 5.60 Å². The molecule has 2 saturated carbocycles. The molecule has 0 heterocycles. The van der Waals surface area contributed by atoms with Crippen LogP contribution in [0.15, 0.2) is 0 Å². The van der Waals surface area contributed by atoms with Crippen LogP contribution in [0.4, 0.5) is 4.79 Å². The molecule has 2 aliphatic carbocycles. The molecule has 146 valence electrons. The lowest BCUT2D eigenvalue weighted by Crippen LogP contribution is -2.50. The van der Waals surface area contributed by atoms with Gasteiger partial charge in [-0.15, -0.1) is 0 Å². The number of aliphatic hydroxyl groups is 1. The summed E-state index contributed by atoms with van der Waals surface area (Å²) in [4.78, 5) is 12.0. The van der Waals surface area contributed by atoms with Gasteiger partial charge in [0.05, 0.1) is 0 Å². The number of aliphatic hydroxyl groups excluding tert-OH is 1. The van der Waals surface area contributed by atoms with E-state index in [4.69, 9.17) is 4.74 Å². The van der Waals surface area contributed by atoms with Crippen molar-refractivity contribution in [3.8, 4) is 0 Å². The number of amides is 1. The van der Waals surface area contributed by atoms with Gasteiger partial charge in [0.1, 0.15) is 5.60 Å². The van der Waals surface area contributed by atoms with E-state index in [0.717, 1.165) is 19.4 Å². The lowest BCUT2D eigenvalue weighted by atomic mass is 9.74. The Bertz CT molecular complexity index is 408. The molecule has 0 spiro atoms. The maximum Gasteiger partial charge on any atom is 0.407 e. The normalized spacial score (nSPS) is 22.6. The van der Waals surface area contributed by atoms with Crippen molar-refractivity contribution in [3.05, 3.63) is 0 Å². The second-order valence-electron chi connectivity index (χ2n) is 9.13. The molecule has 2 fully saturated rings. The van der Waals surface area contributed by atoms with Crippen LogP contribution in [0.3, 0.4) is 0 Å². The van der Waals surface area contributed by atoms with Crippen molar-refractivity contribution < 1.29 is 14.6 Å². The molecule has 3 N–H and O–H groups in total. The Hall–Kier alpha value is -0.810. The van der Waals surface area contributed by atoms with Crippen LogP contribution in [0.5, 0.6) is 0 Å². The van der Waals surface area contributed by atoms with Crippen LogP contribution < -0.4 is 10.6 Å². The minimum atomic E-state index is -0.469. The largest absolute Gasteiger partial charge is 0.444 e. The summed E-state index contributed by atoms with van der Waals surface area (Å²) >= 11 is 0. The summed E-state index contributed by atoms with van der Waals surface area (Å²) in [6, 6.07) is 0.264. The van der Waals surface area contributed by atoms with Gasteiger partial charge < -0.3 is 20.5 Å². The Morgan fingerprint density at radius 3 is 2.36 bits per heavy atom. The van der Waals surface area contributed by atoms with Crippen LogP contribution >= 0.6 is 0 Å². The molecule has 0 aromatic heterocycles. The second-order valence-corrected chi connectivity index (χ2v) is 9.13. The van der Waals surface area contributed by atoms with Crippen molar-refractivity contribution in [1.82, 2.24) is 10.6 Å². The molecular weight excluding hydrogens is 316 g/mol. The molecular formula is C20H38N2O3. The number of hydrogen-bond donors (Lipinski definition) is 3. The van der Waals surface area contributed by atoms with Crippen molar-refractivity contribution in [3.63, 3.8) is 0 Å². The van der Waals surface area contributed by atoms with Crippen LogP contribution in [-0.4, -0.2) is 42.5 Å². The molecule has 0 aromatic rings. The highest BCUT2D eigenvalue weighted by molar-refractivity contribution is 5.67. The fraction of sp³-hybridized carbons (Fsp3) is 0.950. The van der Waals surface area contributed by atoms with E-state index in [1.54, 1.807) is 0 Å². The van der Waals surface area contributed by atoms with Gasteiger partial charge in [-0.25, -0.2) is 4.79 Å². The number of carbonyl (C=O) groups excluding carboxylic acids is 1. The average Bonchev–Trinajstić information content (AvgIpc) is 3.08. The van der Waals surface area contributed by atoms with Crippen LogP contribution in [0, 0.1) is 11.3 Å². The first kappa shape index (κ1) is 20.5. The summed E-state index contributed by atoms with van der Waals surface area (Å²) in [6.45, 7) is 7.35. The van der Waals surface area contributed by atoms with Crippen LogP contribution in [0.25, 0.3) is 0 Å². The third-order valence-corrected chi connectivity index (χ3v) is 5.82. The second kappa shape index (κ2) is 9.22. The summed E-state index contributed by atoms with van der Waals surface area (Å²) in [5, 5.41) is 16.6. The van der Waals surface area contributed by atoms with E-state index in [2.05, 4.69) is 10.6 Å². The quantitative estimate of drug-likeness (QED) is 0.653. The predicted octanol–water partition coefficient (Wildman–Crippen LogP) is 3.60. The number of ether oxygens (including phenoxy) is 1. The predicted molar refractivity (Wildman–Crippen MR) is 101 cm³/mol. The highest BCUT2D eigenvalue weighted by atomic mass is 16.6. The molecule has 0 bridgehead atoms. The molecule has 1 amide bonds. The smallest absolute Gasteiger partial charge is 0.407 e. The monoisotopic (exact) mass is 354 g/mol. The van der Waals surface area contributed by atoms with Gasteiger partial charge in [0.15, 0.2) is 0 Å². The van der Waals surface area contributed by atoms with E-state index in [1.807, 2.05) is 20.8 Å². The Balaban J connectivity index is 1.88. The van der Waals surface area contributed by atoms with Crippen LogP contribution in [0.1, 0.15) is 78.6 Å². The van der Waals surface area contributed by atoms with Crippen molar-refractivity contribution >= 4 is 6.09 Å². The van der Waals surface area contributed by atoms with Gasteiger partial charge in [0.25, 0.3) is 0 Å². The average molecular weight is 355 g/mol. The molecule has 1 atom stereocenters. The Labute approximate surface area is 153 Å². The summed E-state index contributed by atoms with van der Waals surface area (Å²) in [7, 11) is 0. The summed E-state index contributed by atoms with van der Waals surface area (Å²) < 4.78 is 5.37. The van der Waals surface area contributed by atoms with E-state index in [0.29, 0.717) is 12.5 Å². The van der Waals surface area contributed by atoms with Crippen LogP contribution in [0.2, 0.25) is 0 Å². The van der Waals surface area contributed by atoms with Crippen molar-refractivity contribution in [2.24, 2.45) is 11.3 Å². The topological polar surface area (TPSA) is 70.6 Å². The number of hydrogen-bond acceptors (Lipinski definition) is 4. The summed E-state index contributed by atoms with van der Waals surface area (Å²) in [6.07, 6.45) is 10.6. The van der Waals surface area contributed by atoms with E-state index in [1.165, 1.54) is 44.9 Å². The number of carbonyl (C=O) groups is 1. The zero-order chi connectivity index (χ0) is 18.3. The minimum absolute atomic E-state index is 0.0288. The Kier molecular flexibility index (Phi) is 7.56. The van der Waals surface area contributed by atoms with Gasteiger partial charge >= 0.3 is 6.09 Å². The number of nitrogens with one attached hydrogen (secondary N) is 2. The van der Waals surface area contributed by atoms with Gasteiger partial charge in [0.2, 0.25) is 0 Å². The van der Waals surface area contributed by atoms with Crippen molar-refractivity contribution in [2.45, 2.75) is 90.2 Å². The Morgan fingerprint density at radius 2 is 1.80 bits per heavy atom. The first-order valence-corrected chi connectivity index (χ1v) is 10.1. The molecule has 25 heavy (non-hydrogen) atoms. The SMILES string of the molecule is CC(C)(C)OC(=O)NCC(NCC1(CO)CCCCC1)C1CCCC1. The van der Waals surface area contributed by atoms with Crippen molar-refractivity contribution in [2.75, 3.05) is 19.7 Å². The molecule has 0 aromatic carbocycles. The third-order valence-electron chi connectivity index (χ3n) is 5.82. The molecule has 0 saturated heterocycles. The van der Waals surface area contributed by atoms with Gasteiger partial charge in [-0.05, 0) is 52.4 Å². The zero-order valence-electron chi connectivity index (χ0n) is 16.4. The molecule has 0 radical (unpaired) electrons. The fourth-order valence-corrected chi connectivity index (χ4v) is 4.31.